The lowest BCUT2D eigenvalue weighted by molar-refractivity contribution is 0.0849. The number of carbonyl (C=O) groups is 2. The topological polar surface area (TPSA) is 59.1 Å². The van der Waals surface area contributed by atoms with Crippen molar-refractivity contribution in [3.05, 3.63) is 64.9 Å². The maximum Gasteiger partial charge on any atom is 0.261 e. The number of halogens is 1. The van der Waals surface area contributed by atoms with Crippen molar-refractivity contribution in [1.82, 2.24) is 10.3 Å². The van der Waals surface area contributed by atoms with Crippen LogP contribution < -0.4 is 5.32 Å². The molecule has 4 nitrogen and oxygen atoms in total. The lowest BCUT2D eigenvalue weighted by atomic mass is 10.2. The summed E-state index contributed by atoms with van der Waals surface area (Å²) in [5.41, 5.74) is 0.578. The molecule has 2 rings (SSSR count). The maximum absolute atomic E-state index is 11.8. The first kappa shape index (κ1) is 12.3. The predicted molar refractivity (Wildman–Crippen MR) is 67.5 cm³/mol. The molecule has 18 heavy (non-hydrogen) atoms. The zero-order valence-electron chi connectivity index (χ0n) is 9.26. The number of pyridine rings is 1. The fraction of sp³-hybridized carbons (Fsp3) is 0. The van der Waals surface area contributed by atoms with Gasteiger partial charge in [0.15, 0.2) is 0 Å². The number of hydrogen-bond donors (Lipinski definition) is 1. The molecule has 0 aliphatic rings. The van der Waals surface area contributed by atoms with Crippen molar-refractivity contribution in [2.45, 2.75) is 0 Å². The van der Waals surface area contributed by atoms with Crippen molar-refractivity contribution in [1.29, 1.82) is 0 Å². The Morgan fingerprint density at radius 3 is 2.39 bits per heavy atom. The van der Waals surface area contributed by atoms with E-state index in [1.54, 1.807) is 36.4 Å². The number of rotatable bonds is 2. The summed E-state index contributed by atoms with van der Waals surface area (Å²) in [6, 6.07) is 11.5. The summed E-state index contributed by atoms with van der Waals surface area (Å²) in [6.45, 7) is 0. The molecule has 0 atom stereocenters. The average Bonchev–Trinajstić information content (AvgIpc) is 2.40. The molecule has 90 valence electrons. The number of nitrogens with zero attached hydrogens (tertiary/aromatic N) is 1. The summed E-state index contributed by atoms with van der Waals surface area (Å²) < 4.78 is 0. The Morgan fingerprint density at radius 2 is 1.72 bits per heavy atom. The van der Waals surface area contributed by atoms with Crippen molar-refractivity contribution >= 4 is 23.4 Å². The SMILES string of the molecule is O=C(NC(=O)c1cccnc1Cl)c1ccccc1. The predicted octanol–water partition coefficient (Wildman–Crippen LogP) is 2.31. The molecule has 5 heteroatoms. The van der Waals surface area contributed by atoms with Gasteiger partial charge in [-0.2, -0.15) is 0 Å². The van der Waals surface area contributed by atoms with Crippen LogP contribution in [0.2, 0.25) is 5.15 Å². The first-order valence-corrected chi connectivity index (χ1v) is 5.57. The van der Waals surface area contributed by atoms with Crippen LogP contribution in [-0.2, 0) is 0 Å². The third-order valence-electron chi connectivity index (χ3n) is 2.27. The highest BCUT2D eigenvalue weighted by atomic mass is 35.5. The monoisotopic (exact) mass is 260 g/mol. The molecule has 2 amide bonds. The van der Waals surface area contributed by atoms with Gasteiger partial charge in [-0.25, -0.2) is 4.98 Å². The molecule has 0 aliphatic carbocycles. The molecule has 0 bridgehead atoms. The Bertz CT molecular complexity index is 585. The van der Waals surface area contributed by atoms with E-state index >= 15 is 0 Å². The van der Waals surface area contributed by atoms with Crippen LogP contribution in [0.25, 0.3) is 0 Å². The smallest absolute Gasteiger partial charge is 0.261 e. The van der Waals surface area contributed by atoms with E-state index in [9.17, 15) is 9.59 Å². The first-order valence-electron chi connectivity index (χ1n) is 5.20. The quantitative estimate of drug-likeness (QED) is 0.666. The van der Waals surface area contributed by atoms with Gasteiger partial charge in [0.25, 0.3) is 11.8 Å². The number of hydrogen-bond acceptors (Lipinski definition) is 3. The fourth-order valence-electron chi connectivity index (χ4n) is 1.39. The second kappa shape index (κ2) is 5.42. The van der Waals surface area contributed by atoms with Gasteiger partial charge in [-0.1, -0.05) is 29.8 Å². The summed E-state index contributed by atoms with van der Waals surface area (Å²) in [7, 11) is 0. The number of aromatic nitrogens is 1. The number of amides is 2. The van der Waals surface area contributed by atoms with Crippen molar-refractivity contribution < 1.29 is 9.59 Å². The lowest BCUT2D eigenvalue weighted by Crippen LogP contribution is -2.30. The molecule has 0 fully saturated rings. The molecule has 0 radical (unpaired) electrons. The Morgan fingerprint density at radius 1 is 1.00 bits per heavy atom. The van der Waals surface area contributed by atoms with Crippen molar-refractivity contribution in [3.8, 4) is 0 Å². The minimum atomic E-state index is -0.568. The van der Waals surface area contributed by atoms with Crippen LogP contribution in [0.3, 0.4) is 0 Å². The largest absolute Gasteiger partial charge is 0.288 e. The van der Waals surface area contributed by atoms with Gasteiger partial charge in [0.2, 0.25) is 0 Å². The van der Waals surface area contributed by atoms with E-state index in [1.807, 2.05) is 0 Å². The second-order valence-corrected chi connectivity index (χ2v) is 3.85. The molecule has 0 aliphatic heterocycles. The zero-order valence-corrected chi connectivity index (χ0v) is 10.0. The van der Waals surface area contributed by atoms with Gasteiger partial charge in [-0.15, -0.1) is 0 Å². The van der Waals surface area contributed by atoms with E-state index < -0.39 is 11.8 Å². The molecule has 0 spiro atoms. The summed E-state index contributed by atoms with van der Waals surface area (Å²) >= 11 is 5.77. The second-order valence-electron chi connectivity index (χ2n) is 3.49. The summed E-state index contributed by atoms with van der Waals surface area (Å²) in [4.78, 5) is 27.3. The van der Waals surface area contributed by atoms with E-state index in [1.165, 1.54) is 12.3 Å². The van der Waals surface area contributed by atoms with E-state index in [-0.39, 0.29) is 10.7 Å². The number of imide groups is 1. The highest BCUT2D eigenvalue weighted by Crippen LogP contribution is 2.11. The minimum absolute atomic E-state index is 0.0656. The van der Waals surface area contributed by atoms with Crippen LogP contribution in [0.1, 0.15) is 20.7 Å². The average molecular weight is 261 g/mol. The van der Waals surface area contributed by atoms with Crippen molar-refractivity contribution in [3.63, 3.8) is 0 Å². The van der Waals surface area contributed by atoms with Crippen molar-refractivity contribution in [2.24, 2.45) is 0 Å². The summed E-state index contributed by atoms with van der Waals surface area (Å²) in [5.74, 6) is -1.04. The van der Waals surface area contributed by atoms with E-state index in [2.05, 4.69) is 10.3 Å². The van der Waals surface area contributed by atoms with E-state index in [0.29, 0.717) is 5.56 Å². The number of nitrogens with one attached hydrogen (secondary N) is 1. The number of benzene rings is 1. The molecule has 1 aromatic heterocycles. The van der Waals surface area contributed by atoms with Gasteiger partial charge in [-0.05, 0) is 24.3 Å². The molecule has 2 aromatic rings. The molecule has 1 aromatic carbocycles. The van der Waals surface area contributed by atoms with Gasteiger partial charge < -0.3 is 0 Å². The highest BCUT2D eigenvalue weighted by Gasteiger charge is 2.14. The van der Waals surface area contributed by atoms with Gasteiger partial charge in [0, 0.05) is 11.8 Å². The lowest BCUT2D eigenvalue weighted by Gasteiger charge is -2.04. The van der Waals surface area contributed by atoms with Crippen LogP contribution in [0, 0.1) is 0 Å². The first-order chi connectivity index (χ1) is 8.68. The Kier molecular flexibility index (Phi) is 3.69. The normalized spacial score (nSPS) is 9.83. The zero-order chi connectivity index (χ0) is 13.0. The molecule has 0 saturated heterocycles. The molecular weight excluding hydrogens is 252 g/mol. The molecule has 0 saturated carbocycles. The van der Waals surface area contributed by atoms with Crippen LogP contribution >= 0.6 is 11.6 Å². The van der Waals surface area contributed by atoms with Crippen LogP contribution in [0.4, 0.5) is 0 Å². The summed E-state index contributed by atoms with van der Waals surface area (Å²) in [6.07, 6.45) is 1.47. The maximum atomic E-state index is 11.8. The van der Waals surface area contributed by atoms with Crippen LogP contribution in [-0.4, -0.2) is 16.8 Å². The van der Waals surface area contributed by atoms with Gasteiger partial charge in [0.05, 0.1) is 5.56 Å². The molecular formula is C13H9ClN2O2. The highest BCUT2D eigenvalue weighted by molar-refractivity contribution is 6.33. The van der Waals surface area contributed by atoms with Gasteiger partial charge in [0.1, 0.15) is 5.15 Å². The number of carbonyl (C=O) groups excluding carboxylic acids is 2. The van der Waals surface area contributed by atoms with E-state index in [0.717, 1.165) is 0 Å². The third-order valence-corrected chi connectivity index (χ3v) is 2.57. The van der Waals surface area contributed by atoms with Crippen molar-refractivity contribution in [2.75, 3.05) is 0 Å². The summed E-state index contributed by atoms with van der Waals surface area (Å²) in [5, 5.41) is 2.32. The molecule has 1 heterocycles. The standard InChI is InChI=1S/C13H9ClN2O2/c14-11-10(7-4-8-15-11)13(18)16-12(17)9-5-2-1-3-6-9/h1-8H,(H,16,17,18). The van der Waals surface area contributed by atoms with E-state index in [4.69, 9.17) is 11.6 Å². The van der Waals surface area contributed by atoms with Gasteiger partial charge >= 0.3 is 0 Å². The van der Waals surface area contributed by atoms with Gasteiger partial charge in [-0.3, -0.25) is 14.9 Å². The minimum Gasteiger partial charge on any atom is -0.288 e. The molecule has 1 N–H and O–H groups in total. The van der Waals surface area contributed by atoms with Crippen LogP contribution in [0.5, 0.6) is 0 Å². The third kappa shape index (κ3) is 2.73. The van der Waals surface area contributed by atoms with Crippen LogP contribution in [0.15, 0.2) is 48.7 Å². The molecule has 0 unspecified atom stereocenters. The Balaban J connectivity index is 2.14. The fourth-order valence-corrected chi connectivity index (χ4v) is 1.59. The Labute approximate surface area is 109 Å². The Hall–Kier alpha value is -2.20.